The molecule has 0 radical (unpaired) electrons. The molecule has 0 amide bonds. The van der Waals surface area contributed by atoms with E-state index in [1.807, 2.05) is 6.92 Å². The minimum atomic E-state index is -3.25. The average molecular weight is 280 g/mol. The normalized spacial score (nSPS) is 16.1. The van der Waals surface area contributed by atoms with Crippen LogP contribution in [0.25, 0.3) is 0 Å². The third-order valence-electron chi connectivity index (χ3n) is 2.65. The minimum Gasteiger partial charge on any atom is -0.469 e. The Hall–Kier alpha value is -0.660. The molecule has 0 aromatic rings. The maximum absolute atomic E-state index is 11.3. The predicted molar refractivity (Wildman–Crippen MR) is 70.7 cm³/mol. The lowest BCUT2D eigenvalue weighted by atomic mass is 10.0. The Labute approximate surface area is 110 Å². The topological polar surface area (TPSA) is 84.5 Å². The molecule has 6 nitrogen and oxygen atoms in total. The molecule has 2 atom stereocenters. The van der Waals surface area contributed by atoms with Crippen molar-refractivity contribution in [1.82, 2.24) is 10.0 Å². The minimum absolute atomic E-state index is 0.0990. The summed E-state index contributed by atoms with van der Waals surface area (Å²) in [5.74, 6) is -0.576. The van der Waals surface area contributed by atoms with Gasteiger partial charge in [-0.15, -0.1) is 0 Å². The van der Waals surface area contributed by atoms with E-state index in [9.17, 15) is 13.2 Å². The number of esters is 1. The molecule has 0 aliphatic heterocycles. The molecule has 7 heteroatoms. The third-order valence-corrected chi connectivity index (χ3v) is 3.57. The molecule has 2 unspecified atom stereocenters. The molecule has 0 fully saturated rings. The number of sulfonamides is 1. The van der Waals surface area contributed by atoms with Gasteiger partial charge >= 0.3 is 5.97 Å². The van der Waals surface area contributed by atoms with Crippen LogP contribution >= 0.6 is 0 Å². The highest BCUT2D eigenvalue weighted by Crippen LogP contribution is 2.07. The van der Waals surface area contributed by atoms with E-state index in [1.165, 1.54) is 7.11 Å². The van der Waals surface area contributed by atoms with Gasteiger partial charge in [-0.3, -0.25) is 4.79 Å². The lowest BCUT2D eigenvalue weighted by Crippen LogP contribution is -2.52. The number of carbonyl (C=O) groups is 1. The van der Waals surface area contributed by atoms with Crippen molar-refractivity contribution in [2.45, 2.75) is 39.3 Å². The van der Waals surface area contributed by atoms with Crippen molar-refractivity contribution in [2.24, 2.45) is 5.92 Å². The Morgan fingerprint density at radius 2 is 1.83 bits per heavy atom. The first-order valence-corrected chi connectivity index (χ1v) is 7.68. The van der Waals surface area contributed by atoms with Crippen LogP contribution in [0.1, 0.15) is 27.7 Å². The van der Waals surface area contributed by atoms with Gasteiger partial charge in [0.15, 0.2) is 0 Å². The molecule has 0 bridgehead atoms. The average Bonchev–Trinajstić information content (AvgIpc) is 2.20. The lowest BCUT2D eigenvalue weighted by molar-refractivity contribution is -0.145. The monoisotopic (exact) mass is 280 g/mol. The van der Waals surface area contributed by atoms with Gasteiger partial charge in [0.25, 0.3) is 0 Å². The summed E-state index contributed by atoms with van der Waals surface area (Å²) < 4.78 is 29.5. The van der Waals surface area contributed by atoms with Crippen LogP contribution in [0.5, 0.6) is 0 Å². The summed E-state index contributed by atoms with van der Waals surface area (Å²) in [6, 6.07) is -0.0990. The quantitative estimate of drug-likeness (QED) is 0.646. The fourth-order valence-electron chi connectivity index (χ4n) is 1.52. The van der Waals surface area contributed by atoms with Gasteiger partial charge in [0.05, 0.1) is 19.3 Å². The zero-order valence-electron chi connectivity index (χ0n) is 11.9. The standard InChI is InChI=1S/C11H24N2O4S/c1-8(10(14)17-5)9(2)12-7-11(3,4)13-18(6,15)16/h8-9,12-13H,7H2,1-6H3. The highest BCUT2D eigenvalue weighted by Gasteiger charge is 2.25. The summed E-state index contributed by atoms with van der Waals surface area (Å²) in [4.78, 5) is 11.3. The predicted octanol–water partition coefficient (Wildman–Crippen LogP) is 0.101. The van der Waals surface area contributed by atoms with Crippen LogP contribution < -0.4 is 10.0 Å². The summed E-state index contributed by atoms with van der Waals surface area (Å²) in [5, 5.41) is 3.13. The first-order valence-electron chi connectivity index (χ1n) is 5.78. The Morgan fingerprint density at radius 3 is 2.22 bits per heavy atom. The zero-order chi connectivity index (χ0) is 14.6. The molecule has 0 saturated carbocycles. The Morgan fingerprint density at radius 1 is 1.33 bits per heavy atom. The second-order valence-corrected chi connectivity index (χ2v) is 6.99. The van der Waals surface area contributed by atoms with Crippen molar-refractivity contribution >= 4 is 16.0 Å². The van der Waals surface area contributed by atoms with E-state index in [0.29, 0.717) is 6.54 Å². The fraction of sp³-hybridized carbons (Fsp3) is 0.909. The summed E-state index contributed by atoms with van der Waals surface area (Å²) in [5.41, 5.74) is -0.613. The molecule has 0 aliphatic rings. The Bertz CT molecular complexity index is 379. The van der Waals surface area contributed by atoms with Gasteiger partial charge < -0.3 is 10.1 Å². The SMILES string of the molecule is COC(=O)C(C)C(C)NCC(C)(C)NS(C)(=O)=O. The molecule has 108 valence electrons. The molecule has 0 aromatic carbocycles. The van der Waals surface area contributed by atoms with Crippen LogP contribution in [0.3, 0.4) is 0 Å². The summed E-state index contributed by atoms with van der Waals surface area (Å²) in [6.07, 6.45) is 1.12. The van der Waals surface area contributed by atoms with Gasteiger partial charge in [-0.1, -0.05) is 6.92 Å². The lowest BCUT2D eigenvalue weighted by Gasteiger charge is -2.28. The van der Waals surface area contributed by atoms with Crippen LogP contribution in [-0.2, 0) is 19.6 Å². The van der Waals surface area contributed by atoms with Gasteiger partial charge in [0.2, 0.25) is 10.0 Å². The Kier molecular flexibility index (Phi) is 6.25. The smallest absolute Gasteiger partial charge is 0.309 e. The van der Waals surface area contributed by atoms with Gasteiger partial charge in [0, 0.05) is 18.1 Å². The van der Waals surface area contributed by atoms with Gasteiger partial charge in [0.1, 0.15) is 0 Å². The molecule has 0 aromatic heterocycles. The van der Waals surface area contributed by atoms with Gasteiger partial charge in [-0.2, -0.15) is 0 Å². The van der Waals surface area contributed by atoms with Crippen molar-refractivity contribution in [3.63, 3.8) is 0 Å². The number of hydrogen-bond donors (Lipinski definition) is 2. The number of nitrogens with one attached hydrogen (secondary N) is 2. The van der Waals surface area contributed by atoms with Crippen LogP contribution in [0.2, 0.25) is 0 Å². The van der Waals surface area contributed by atoms with E-state index in [-0.39, 0.29) is 17.9 Å². The second kappa shape index (κ2) is 6.49. The molecular formula is C11H24N2O4S. The second-order valence-electron chi connectivity index (χ2n) is 5.24. The number of ether oxygens (including phenoxy) is 1. The number of carbonyl (C=O) groups excluding carboxylic acids is 1. The Balaban J connectivity index is 4.35. The van der Waals surface area contributed by atoms with E-state index in [4.69, 9.17) is 0 Å². The number of hydrogen-bond acceptors (Lipinski definition) is 5. The maximum Gasteiger partial charge on any atom is 0.309 e. The molecule has 0 heterocycles. The van der Waals surface area contributed by atoms with Crippen molar-refractivity contribution in [3.8, 4) is 0 Å². The van der Waals surface area contributed by atoms with Crippen LogP contribution in [-0.4, -0.2) is 45.9 Å². The fourth-order valence-corrected chi connectivity index (χ4v) is 2.60. The number of methoxy groups -OCH3 is 1. The molecule has 0 rings (SSSR count). The molecular weight excluding hydrogens is 256 g/mol. The molecule has 18 heavy (non-hydrogen) atoms. The van der Waals surface area contributed by atoms with Gasteiger partial charge in [-0.05, 0) is 20.8 Å². The highest BCUT2D eigenvalue weighted by molar-refractivity contribution is 7.88. The van der Waals surface area contributed by atoms with E-state index < -0.39 is 15.6 Å². The summed E-state index contributed by atoms with van der Waals surface area (Å²) >= 11 is 0. The van der Waals surface area contributed by atoms with E-state index in [2.05, 4.69) is 14.8 Å². The first kappa shape index (κ1) is 17.3. The van der Waals surface area contributed by atoms with Gasteiger partial charge in [-0.25, -0.2) is 13.1 Å². The largest absolute Gasteiger partial charge is 0.469 e. The van der Waals surface area contributed by atoms with Crippen molar-refractivity contribution in [2.75, 3.05) is 19.9 Å². The zero-order valence-corrected chi connectivity index (χ0v) is 12.7. The van der Waals surface area contributed by atoms with Crippen molar-refractivity contribution in [1.29, 1.82) is 0 Å². The van der Waals surface area contributed by atoms with E-state index in [1.54, 1.807) is 20.8 Å². The summed E-state index contributed by atoms with van der Waals surface area (Å²) in [6.45, 7) is 7.59. The van der Waals surface area contributed by atoms with Crippen LogP contribution in [0, 0.1) is 5.92 Å². The molecule has 0 saturated heterocycles. The number of rotatable bonds is 7. The van der Waals surface area contributed by atoms with E-state index in [0.717, 1.165) is 6.26 Å². The third kappa shape index (κ3) is 6.93. The van der Waals surface area contributed by atoms with Crippen LogP contribution in [0.4, 0.5) is 0 Å². The van der Waals surface area contributed by atoms with E-state index >= 15 is 0 Å². The van der Waals surface area contributed by atoms with Crippen molar-refractivity contribution in [3.05, 3.63) is 0 Å². The van der Waals surface area contributed by atoms with Crippen LogP contribution in [0.15, 0.2) is 0 Å². The maximum atomic E-state index is 11.3. The molecule has 2 N–H and O–H groups in total. The highest BCUT2D eigenvalue weighted by atomic mass is 32.2. The molecule has 0 spiro atoms. The summed E-state index contributed by atoms with van der Waals surface area (Å²) in [7, 11) is -1.90. The first-order chi connectivity index (χ1) is 7.98. The molecule has 0 aliphatic carbocycles. The van der Waals surface area contributed by atoms with Crippen molar-refractivity contribution < 1.29 is 17.9 Å².